The molecule has 0 aromatic heterocycles. The van der Waals surface area contributed by atoms with Gasteiger partial charge in [0.1, 0.15) is 5.82 Å². The van der Waals surface area contributed by atoms with Crippen LogP contribution in [0, 0.1) is 5.82 Å². The van der Waals surface area contributed by atoms with Gasteiger partial charge < -0.3 is 5.32 Å². The minimum Gasteiger partial charge on any atom is -0.317 e. The molecule has 1 rings (SSSR count). The monoisotopic (exact) mass is 195 g/mol. The summed E-state index contributed by atoms with van der Waals surface area (Å²) in [5.74, 6) is -0.0732. The average molecular weight is 195 g/mol. The fourth-order valence-electron chi connectivity index (χ4n) is 1.44. The van der Waals surface area contributed by atoms with Gasteiger partial charge in [0, 0.05) is 0 Å². The Balaban J connectivity index is 2.21. The lowest BCUT2D eigenvalue weighted by Crippen LogP contribution is -2.13. The first-order valence-corrected chi connectivity index (χ1v) is 5.28. The molecule has 0 spiro atoms. The Morgan fingerprint density at radius 2 is 2.00 bits per heavy atom. The topological polar surface area (TPSA) is 12.0 Å². The van der Waals surface area contributed by atoms with E-state index in [2.05, 4.69) is 12.2 Å². The molecule has 0 amide bonds. The van der Waals surface area contributed by atoms with Crippen LogP contribution in [0.15, 0.2) is 24.3 Å². The molecular weight excluding hydrogens is 177 g/mol. The molecule has 0 saturated heterocycles. The summed E-state index contributed by atoms with van der Waals surface area (Å²) in [7, 11) is 0. The molecule has 0 radical (unpaired) electrons. The highest BCUT2D eigenvalue weighted by atomic mass is 19.1. The molecule has 0 saturated carbocycles. The van der Waals surface area contributed by atoms with Crippen LogP contribution in [0.2, 0.25) is 0 Å². The van der Waals surface area contributed by atoms with Crippen molar-refractivity contribution in [2.45, 2.75) is 26.2 Å². The smallest absolute Gasteiger partial charge is 0.126 e. The molecule has 0 fully saturated rings. The van der Waals surface area contributed by atoms with Gasteiger partial charge in [-0.3, -0.25) is 0 Å². The average Bonchev–Trinajstić information content (AvgIpc) is 2.20. The van der Waals surface area contributed by atoms with Gasteiger partial charge in [-0.25, -0.2) is 4.39 Å². The second-order valence-corrected chi connectivity index (χ2v) is 3.40. The molecule has 0 unspecified atom stereocenters. The highest BCUT2D eigenvalue weighted by Crippen LogP contribution is 2.09. The van der Waals surface area contributed by atoms with Crippen molar-refractivity contribution in [1.82, 2.24) is 5.32 Å². The minimum atomic E-state index is -0.0732. The quantitative estimate of drug-likeness (QED) is 0.688. The van der Waals surface area contributed by atoms with E-state index in [0.29, 0.717) is 0 Å². The number of hydrogen-bond donors (Lipinski definition) is 1. The molecule has 0 bridgehead atoms. The molecule has 1 nitrogen and oxygen atoms in total. The number of benzene rings is 1. The van der Waals surface area contributed by atoms with Gasteiger partial charge in [0.2, 0.25) is 0 Å². The van der Waals surface area contributed by atoms with Gasteiger partial charge in [-0.05, 0) is 44.0 Å². The largest absolute Gasteiger partial charge is 0.317 e. The Labute approximate surface area is 85.3 Å². The predicted molar refractivity (Wildman–Crippen MR) is 57.9 cm³/mol. The summed E-state index contributed by atoms with van der Waals surface area (Å²) in [5.41, 5.74) is 0.837. The van der Waals surface area contributed by atoms with Crippen LogP contribution in [0.5, 0.6) is 0 Å². The summed E-state index contributed by atoms with van der Waals surface area (Å²) < 4.78 is 13.1. The number of nitrogens with one attached hydrogen (secondary N) is 1. The molecule has 2 heteroatoms. The first-order valence-electron chi connectivity index (χ1n) is 5.28. The van der Waals surface area contributed by atoms with Gasteiger partial charge in [-0.2, -0.15) is 0 Å². The van der Waals surface area contributed by atoms with E-state index < -0.39 is 0 Å². The van der Waals surface area contributed by atoms with Crippen LogP contribution in [0.1, 0.15) is 25.3 Å². The first kappa shape index (κ1) is 11.2. The zero-order valence-corrected chi connectivity index (χ0v) is 8.72. The van der Waals surface area contributed by atoms with Crippen molar-refractivity contribution >= 4 is 0 Å². The van der Waals surface area contributed by atoms with Gasteiger partial charge >= 0.3 is 0 Å². The van der Waals surface area contributed by atoms with Crippen molar-refractivity contribution in [2.75, 3.05) is 13.1 Å². The first-order chi connectivity index (χ1) is 6.84. The van der Waals surface area contributed by atoms with Crippen molar-refractivity contribution < 1.29 is 4.39 Å². The molecule has 1 aromatic carbocycles. The lowest BCUT2D eigenvalue weighted by molar-refractivity contribution is 0.591. The van der Waals surface area contributed by atoms with Crippen molar-refractivity contribution in [1.29, 1.82) is 0 Å². The Kier molecular flexibility index (Phi) is 5.23. The molecule has 1 N–H and O–H groups in total. The van der Waals surface area contributed by atoms with E-state index in [9.17, 15) is 4.39 Å². The van der Waals surface area contributed by atoms with E-state index in [4.69, 9.17) is 0 Å². The molecule has 78 valence electrons. The maximum atomic E-state index is 13.1. The second kappa shape index (κ2) is 6.55. The fourth-order valence-corrected chi connectivity index (χ4v) is 1.44. The Bertz CT molecular complexity index is 260. The summed E-state index contributed by atoms with van der Waals surface area (Å²) in [4.78, 5) is 0. The fraction of sp³-hybridized carbons (Fsp3) is 0.500. The third kappa shape index (κ3) is 3.88. The molecule has 0 atom stereocenters. The van der Waals surface area contributed by atoms with Crippen molar-refractivity contribution in [2.24, 2.45) is 0 Å². The van der Waals surface area contributed by atoms with E-state index in [1.54, 1.807) is 6.07 Å². The Morgan fingerprint density at radius 1 is 1.21 bits per heavy atom. The van der Waals surface area contributed by atoms with Gasteiger partial charge in [-0.1, -0.05) is 25.1 Å². The number of hydrogen-bond acceptors (Lipinski definition) is 1. The van der Waals surface area contributed by atoms with E-state index in [1.165, 1.54) is 6.07 Å². The standard InChI is InChI=1S/C12H18FN/c1-2-14-10-6-5-8-11-7-3-4-9-12(11)13/h3-4,7,9,14H,2,5-6,8,10H2,1H3. The lowest BCUT2D eigenvalue weighted by atomic mass is 10.1. The zero-order chi connectivity index (χ0) is 10.2. The van der Waals surface area contributed by atoms with Crippen LogP contribution < -0.4 is 5.32 Å². The number of unbranched alkanes of at least 4 members (excludes halogenated alkanes) is 1. The van der Waals surface area contributed by atoms with Gasteiger partial charge in [-0.15, -0.1) is 0 Å². The van der Waals surface area contributed by atoms with Crippen molar-refractivity contribution in [3.63, 3.8) is 0 Å². The van der Waals surface area contributed by atoms with E-state index in [0.717, 1.165) is 37.9 Å². The number of rotatable bonds is 6. The molecule has 0 aliphatic heterocycles. The third-order valence-corrected chi connectivity index (χ3v) is 2.26. The Morgan fingerprint density at radius 3 is 2.71 bits per heavy atom. The second-order valence-electron chi connectivity index (χ2n) is 3.40. The normalized spacial score (nSPS) is 10.4. The van der Waals surface area contributed by atoms with E-state index >= 15 is 0 Å². The minimum absolute atomic E-state index is 0.0732. The molecule has 1 aromatic rings. The maximum Gasteiger partial charge on any atom is 0.126 e. The van der Waals surface area contributed by atoms with Crippen molar-refractivity contribution in [3.05, 3.63) is 35.6 Å². The van der Waals surface area contributed by atoms with Crippen LogP contribution in [0.4, 0.5) is 4.39 Å². The van der Waals surface area contributed by atoms with Crippen LogP contribution in [0.3, 0.4) is 0 Å². The van der Waals surface area contributed by atoms with Gasteiger partial charge in [0.25, 0.3) is 0 Å². The molecule has 14 heavy (non-hydrogen) atoms. The van der Waals surface area contributed by atoms with Gasteiger partial charge in [0.05, 0.1) is 0 Å². The van der Waals surface area contributed by atoms with Crippen LogP contribution >= 0.6 is 0 Å². The summed E-state index contributed by atoms with van der Waals surface area (Å²) >= 11 is 0. The maximum absolute atomic E-state index is 13.1. The summed E-state index contributed by atoms with van der Waals surface area (Å²) in [6, 6.07) is 7.02. The lowest BCUT2D eigenvalue weighted by Gasteiger charge is -2.03. The van der Waals surface area contributed by atoms with Crippen LogP contribution in [-0.4, -0.2) is 13.1 Å². The summed E-state index contributed by atoms with van der Waals surface area (Å²) in [5, 5.41) is 3.26. The zero-order valence-electron chi connectivity index (χ0n) is 8.72. The van der Waals surface area contributed by atoms with Crippen LogP contribution in [0.25, 0.3) is 0 Å². The highest BCUT2D eigenvalue weighted by molar-refractivity contribution is 5.17. The SMILES string of the molecule is CCNCCCCc1ccccc1F. The number of aryl methyl sites for hydroxylation is 1. The Hall–Kier alpha value is -0.890. The number of halogens is 1. The predicted octanol–water partition coefficient (Wildman–Crippen LogP) is 2.76. The van der Waals surface area contributed by atoms with Crippen LogP contribution in [-0.2, 0) is 6.42 Å². The highest BCUT2D eigenvalue weighted by Gasteiger charge is 1.99. The molecule has 0 heterocycles. The van der Waals surface area contributed by atoms with Crippen molar-refractivity contribution in [3.8, 4) is 0 Å². The van der Waals surface area contributed by atoms with E-state index in [-0.39, 0.29) is 5.82 Å². The van der Waals surface area contributed by atoms with E-state index in [1.807, 2.05) is 12.1 Å². The van der Waals surface area contributed by atoms with Gasteiger partial charge in [0.15, 0.2) is 0 Å². The molecule has 0 aliphatic rings. The molecule has 0 aliphatic carbocycles. The summed E-state index contributed by atoms with van der Waals surface area (Å²) in [6.45, 7) is 4.14. The molecular formula is C12H18FN. The summed E-state index contributed by atoms with van der Waals surface area (Å²) in [6.07, 6.45) is 3.01. The third-order valence-electron chi connectivity index (χ3n) is 2.26.